The number of benzene rings is 1. The number of carboxylic acid groups (broad SMARTS) is 1. The summed E-state index contributed by atoms with van der Waals surface area (Å²) in [5.41, 5.74) is 0.480. The van der Waals surface area contributed by atoms with E-state index in [0.29, 0.717) is 24.4 Å². The predicted octanol–water partition coefficient (Wildman–Crippen LogP) is 1.16. The number of rotatable bonds is 9. The van der Waals surface area contributed by atoms with Crippen molar-refractivity contribution in [1.29, 1.82) is 0 Å². The Labute approximate surface area is 173 Å². The lowest BCUT2D eigenvalue weighted by molar-refractivity contribution is -0.163. The standard InChI is InChI=1S/C20H25NO9/c1-3-27-18(25)12-29-15-7-4-6-14(10-15)21-8-5-9-28-19(20(21)26)16(11-17(23)24)30-13(2)22/h4,6-7,10,16,19H,3,5,8-9,11-12H2,1-2H3,(H,23,24)/t16?,19-/m1/s1. The van der Waals surface area contributed by atoms with Gasteiger partial charge >= 0.3 is 17.9 Å². The van der Waals surface area contributed by atoms with Gasteiger partial charge in [-0.25, -0.2) is 4.79 Å². The fourth-order valence-corrected chi connectivity index (χ4v) is 2.97. The Kier molecular flexibility index (Phi) is 8.60. The molecular weight excluding hydrogens is 398 g/mol. The van der Waals surface area contributed by atoms with Crippen molar-refractivity contribution in [3.63, 3.8) is 0 Å². The molecule has 30 heavy (non-hydrogen) atoms. The minimum Gasteiger partial charge on any atom is -0.482 e. The normalized spacial score (nSPS) is 17.6. The van der Waals surface area contributed by atoms with Gasteiger partial charge in [0, 0.05) is 31.8 Å². The summed E-state index contributed by atoms with van der Waals surface area (Å²) in [6.07, 6.45) is -2.57. The lowest BCUT2D eigenvalue weighted by Crippen LogP contribution is -2.47. The van der Waals surface area contributed by atoms with Crippen LogP contribution in [0.25, 0.3) is 0 Å². The quantitative estimate of drug-likeness (QED) is 0.582. The van der Waals surface area contributed by atoms with E-state index >= 15 is 0 Å². The Morgan fingerprint density at radius 1 is 1.33 bits per heavy atom. The minimum atomic E-state index is -1.25. The third kappa shape index (κ3) is 6.73. The zero-order valence-corrected chi connectivity index (χ0v) is 16.9. The molecule has 0 spiro atoms. The topological polar surface area (TPSA) is 129 Å². The number of carbonyl (C=O) groups is 4. The van der Waals surface area contributed by atoms with Crippen molar-refractivity contribution in [2.24, 2.45) is 0 Å². The van der Waals surface area contributed by atoms with Gasteiger partial charge < -0.3 is 29.0 Å². The monoisotopic (exact) mass is 423 g/mol. The number of ether oxygens (including phenoxy) is 4. The van der Waals surface area contributed by atoms with Crippen LogP contribution in [0.5, 0.6) is 5.75 Å². The zero-order chi connectivity index (χ0) is 22.1. The molecule has 1 N–H and O–H groups in total. The van der Waals surface area contributed by atoms with E-state index in [0.717, 1.165) is 6.92 Å². The average Bonchev–Trinajstić information content (AvgIpc) is 2.87. The number of anilines is 1. The van der Waals surface area contributed by atoms with E-state index in [-0.39, 0.29) is 19.8 Å². The van der Waals surface area contributed by atoms with E-state index in [2.05, 4.69) is 0 Å². The van der Waals surface area contributed by atoms with Crippen LogP contribution in [0.3, 0.4) is 0 Å². The first-order valence-corrected chi connectivity index (χ1v) is 9.52. The molecule has 2 rings (SSSR count). The van der Waals surface area contributed by atoms with Gasteiger partial charge in [0.15, 0.2) is 12.7 Å². The van der Waals surface area contributed by atoms with Gasteiger partial charge in [-0.1, -0.05) is 6.07 Å². The van der Waals surface area contributed by atoms with E-state index in [1.807, 2.05) is 0 Å². The fourth-order valence-electron chi connectivity index (χ4n) is 2.97. The van der Waals surface area contributed by atoms with Gasteiger partial charge in [0.05, 0.1) is 13.0 Å². The van der Waals surface area contributed by atoms with Crippen LogP contribution in [0.1, 0.15) is 26.7 Å². The first kappa shape index (κ1) is 23.1. The molecule has 1 unspecified atom stereocenters. The lowest BCUT2D eigenvalue weighted by Gasteiger charge is -2.28. The summed E-state index contributed by atoms with van der Waals surface area (Å²) in [5.74, 6) is -2.61. The molecule has 0 aliphatic carbocycles. The molecule has 1 aromatic rings. The number of hydrogen-bond donors (Lipinski definition) is 1. The van der Waals surface area contributed by atoms with Crippen LogP contribution in [0.15, 0.2) is 24.3 Å². The minimum absolute atomic E-state index is 0.198. The number of hydrogen-bond acceptors (Lipinski definition) is 8. The van der Waals surface area contributed by atoms with Gasteiger partial charge in [-0.15, -0.1) is 0 Å². The smallest absolute Gasteiger partial charge is 0.344 e. The summed E-state index contributed by atoms with van der Waals surface area (Å²) >= 11 is 0. The zero-order valence-electron chi connectivity index (χ0n) is 16.9. The molecule has 0 bridgehead atoms. The van der Waals surface area contributed by atoms with Gasteiger partial charge in [0.1, 0.15) is 11.9 Å². The molecule has 1 amide bonds. The first-order valence-electron chi connectivity index (χ1n) is 9.52. The number of carbonyl (C=O) groups excluding carboxylic acids is 3. The summed E-state index contributed by atoms with van der Waals surface area (Å²) in [4.78, 5) is 48.6. The fraction of sp³-hybridized carbons (Fsp3) is 0.500. The number of aliphatic carboxylic acids is 1. The average molecular weight is 423 g/mol. The Balaban J connectivity index is 2.20. The van der Waals surface area contributed by atoms with Crippen molar-refractivity contribution in [3.05, 3.63) is 24.3 Å². The van der Waals surface area contributed by atoms with Crippen LogP contribution in [0.2, 0.25) is 0 Å². The Morgan fingerprint density at radius 2 is 2.10 bits per heavy atom. The molecule has 1 fully saturated rings. The lowest BCUT2D eigenvalue weighted by atomic mass is 10.1. The van der Waals surface area contributed by atoms with Crippen LogP contribution < -0.4 is 9.64 Å². The van der Waals surface area contributed by atoms with Crippen LogP contribution in [-0.4, -0.2) is 67.5 Å². The maximum atomic E-state index is 13.1. The Bertz CT molecular complexity index is 763. The van der Waals surface area contributed by atoms with E-state index in [4.69, 9.17) is 24.1 Å². The SMILES string of the molecule is CCOC(=O)COc1cccc(N2CCCO[C@H](C(CC(=O)O)OC(C)=O)C2=O)c1. The van der Waals surface area contributed by atoms with E-state index in [1.54, 1.807) is 31.2 Å². The molecular formula is C20H25NO9. The van der Waals surface area contributed by atoms with Crippen molar-refractivity contribution in [1.82, 2.24) is 0 Å². The molecule has 0 radical (unpaired) electrons. The highest BCUT2D eigenvalue weighted by Crippen LogP contribution is 2.26. The van der Waals surface area contributed by atoms with Crippen molar-refractivity contribution in [3.8, 4) is 5.75 Å². The molecule has 164 valence electrons. The highest BCUT2D eigenvalue weighted by Gasteiger charge is 2.38. The molecule has 10 heteroatoms. The van der Waals surface area contributed by atoms with Crippen molar-refractivity contribution in [2.75, 3.05) is 31.3 Å². The summed E-state index contributed by atoms with van der Waals surface area (Å²) < 4.78 is 20.8. The highest BCUT2D eigenvalue weighted by atomic mass is 16.6. The van der Waals surface area contributed by atoms with Gasteiger partial charge in [0.25, 0.3) is 5.91 Å². The van der Waals surface area contributed by atoms with Crippen LogP contribution in [0.4, 0.5) is 5.69 Å². The third-order valence-corrected chi connectivity index (χ3v) is 4.16. The predicted molar refractivity (Wildman–Crippen MR) is 103 cm³/mol. The van der Waals surface area contributed by atoms with Gasteiger partial charge in [-0.2, -0.15) is 0 Å². The maximum absolute atomic E-state index is 13.1. The molecule has 0 aromatic heterocycles. The molecule has 1 saturated heterocycles. The van der Waals surface area contributed by atoms with Crippen molar-refractivity contribution in [2.45, 2.75) is 38.9 Å². The van der Waals surface area contributed by atoms with Crippen molar-refractivity contribution >= 4 is 29.5 Å². The molecule has 1 heterocycles. The number of nitrogens with zero attached hydrogens (tertiary/aromatic N) is 1. The maximum Gasteiger partial charge on any atom is 0.344 e. The second-order valence-corrected chi connectivity index (χ2v) is 6.47. The van der Waals surface area contributed by atoms with E-state index in [9.17, 15) is 19.2 Å². The summed E-state index contributed by atoms with van der Waals surface area (Å²) in [5, 5.41) is 9.12. The van der Waals surface area contributed by atoms with Crippen LogP contribution in [0, 0.1) is 0 Å². The third-order valence-electron chi connectivity index (χ3n) is 4.16. The highest BCUT2D eigenvalue weighted by molar-refractivity contribution is 5.97. The van der Waals surface area contributed by atoms with Crippen LogP contribution >= 0.6 is 0 Å². The van der Waals surface area contributed by atoms with Crippen molar-refractivity contribution < 1.29 is 43.2 Å². The van der Waals surface area contributed by atoms with E-state index in [1.165, 1.54) is 4.90 Å². The number of carboxylic acids is 1. The first-order chi connectivity index (χ1) is 14.3. The largest absolute Gasteiger partial charge is 0.482 e. The second-order valence-electron chi connectivity index (χ2n) is 6.47. The molecule has 0 saturated carbocycles. The molecule has 1 aliphatic rings. The summed E-state index contributed by atoms with van der Waals surface area (Å²) in [6, 6.07) is 6.54. The molecule has 2 atom stereocenters. The van der Waals surface area contributed by atoms with Gasteiger partial charge in [-0.3, -0.25) is 14.4 Å². The Morgan fingerprint density at radius 3 is 2.77 bits per heavy atom. The number of esters is 2. The van der Waals surface area contributed by atoms with Gasteiger partial charge in [0.2, 0.25) is 0 Å². The van der Waals surface area contributed by atoms with Gasteiger partial charge in [-0.05, 0) is 25.5 Å². The molecule has 10 nitrogen and oxygen atoms in total. The summed E-state index contributed by atoms with van der Waals surface area (Å²) in [6.45, 7) is 3.31. The molecule has 1 aromatic carbocycles. The van der Waals surface area contributed by atoms with E-state index < -0.39 is 42.4 Å². The van der Waals surface area contributed by atoms with Crippen LogP contribution in [-0.2, 0) is 33.4 Å². The number of amides is 1. The molecule has 1 aliphatic heterocycles. The Hall–Kier alpha value is -3.14. The summed E-state index contributed by atoms with van der Waals surface area (Å²) in [7, 11) is 0. The second kappa shape index (κ2) is 11.1.